The van der Waals surface area contributed by atoms with Crippen molar-refractivity contribution in [1.29, 1.82) is 0 Å². The highest BCUT2D eigenvalue weighted by Crippen LogP contribution is 2.41. The normalized spacial score (nSPS) is 28.5. The lowest BCUT2D eigenvalue weighted by molar-refractivity contribution is 0.138. The van der Waals surface area contributed by atoms with Gasteiger partial charge in [-0.2, -0.15) is 0 Å². The zero-order chi connectivity index (χ0) is 32.3. The van der Waals surface area contributed by atoms with Crippen LogP contribution >= 0.6 is 0 Å². The Bertz CT molecular complexity index is 1150. The lowest BCUT2D eigenvalue weighted by atomic mass is 9.76. The third kappa shape index (κ3) is 9.97. The maximum atomic E-state index is 6.16. The van der Waals surface area contributed by atoms with Gasteiger partial charge in [-0.25, -0.2) is 0 Å². The molecule has 0 saturated heterocycles. The van der Waals surface area contributed by atoms with Gasteiger partial charge >= 0.3 is 0 Å². The first kappa shape index (κ1) is 34.7. The average Bonchev–Trinajstić information content (AvgIpc) is 3.13. The van der Waals surface area contributed by atoms with Crippen molar-refractivity contribution in [3.05, 3.63) is 94.1 Å². The Morgan fingerprint density at radius 1 is 0.468 bits per heavy atom. The molecule has 0 aliphatic heterocycles. The molecule has 2 aromatic rings. The quantitative estimate of drug-likeness (QED) is 0.148. The van der Waals surface area contributed by atoms with Crippen molar-refractivity contribution >= 4 is 0 Å². The zero-order valence-electron chi connectivity index (χ0n) is 30.2. The topological polar surface area (TPSA) is 9.23 Å². The molecule has 0 bridgehead atoms. The molecule has 256 valence electrons. The summed E-state index contributed by atoms with van der Waals surface area (Å²) in [6, 6.07) is 19.7. The molecule has 2 atom stereocenters. The van der Waals surface area contributed by atoms with E-state index >= 15 is 0 Å². The first-order valence-corrected chi connectivity index (χ1v) is 20.3. The van der Waals surface area contributed by atoms with Crippen LogP contribution in [0.15, 0.2) is 71.8 Å². The summed E-state index contributed by atoms with van der Waals surface area (Å²) in [5.74, 6) is 4.98. The fraction of sp³-hybridized carbons (Fsp3) is 0.652. The summed E-state index contributed by atoms with van der Waals surface area (Å²) < 4.78 is 6.16. The predicted octanol–water partition coefficient (Wildman–Crippen LogP) is 13.7. The van der Waals surface area contributed by atoms with Crippen LogP contribution in [0.5, 0.6) is 0 Å². The number of hydrogen-bond acceptors (Lipinski definition) is 1. The maximum Gasteiger partial charge on any atom is 0.0503 e. The summed E-state index contributed by atoms with van der Waals surface area (Å²) >= 11 is 0. The summed E-state index contributed by atoms with van der Waals surface area (Å²) in [7, 11) is 0. The standard InChI is InChI=1S/C46H66O/c1-3-5-35-7-15-39(16-8-35)43-23-27-45(28-24-43)41-19-11-37(12-20-41)31-33-47-34-32-38-13-21-42(22-14-38)46-29-25-44(26-30-46)40-17-9-36(6-4-2)10-18-40/h11,13,23-30,35-36,39-42H,3-10,12,14-22,31-34H2,1-2H3. The summed E-state index contributed by atoms with van der Waals surface area (Å²) in [6.45, 7) is 6.44. The van der Waals surface area contributed by atoms with Crippen LogP contribution < -0.4 is 0 Å². The molecule has 0 aromatic heterocycles. The van der Waals surface area contributed by atoms with Gasteiger partial charge in [0.1, 0.15) is 0 Å². The SMILES string of the molecule is CCCC1CCC(c2ccc(C3CC=C(CCOCCC4=CCC(c5ccc(C6CCC(CCC)CC6)cc5)CC4)CC3)cc2)CC1. The second-order valence-electron chi connectivity index (χ2n) is 16.1. The Balaban J connectivity index is 0.847. The van der Waals surface area contributed by atoms with E-state index in [0.29, 0.717) is 11.8 Å². The molecule has 4 aliphatic rings. The van der Waals surface area contributed by atoms with Crippen LogP contribution in [-0.2, 0) is 4.74 Å². The van der Waals surface area contributed by atoms with Crippen molar-refractivity contribution in [3.63, 3.8) is 0 Å². The van der Waals surface area contributed by atoms with Crippen molar-refractivity contribution in [3.8, 4) is 0 Å². The molecule has 0 amide bonds. The first-order chi connectivity index (χ1) is 23.2. The van der Waals surface area contributed by atoms with Gasteiger partial charge in [0, 0.05) is 0 Å². The Morgan fingerprint density at radius 3 is 1.15 bits per heavy atom. The molecular weight excluding hydrogens is 569 g/mol. The van der Waals surface area contributed by atoms with Crippen molar-refractivity contribution in [1.82, 2.24) is 0 Å². The van der Waals surface area contributed by atoms with Crippen LogP contribution in [0.1, 0.15) is 188 Å². The average molecular weight is 635 g/mol. The van der Waals surface area contributed by atoms with Crippen molar-refractivity contribution in [2.24, 2.45) is 11.8 Å². The number of rotatable bonds is 14. The fourth-order valence-electron chi connectivity index (χ4n) is 9.81. The van der Waals surface area contributed by atoms with E-state index in [1.807, 2.05) is 0 Å². The Hall–Kier alpha value is -2.12. The molecule has 2 unspecified atom stereocenters. The van der Waals surface area contributed by atoms with Crippen LogP contribution in [0.2, 0.25) is 0 Å². The summed E-state index contributed by atoms with van der Waals surface area (Å²) in [5.41, 5.74) is 9.54. The van der Waals surface area contributed by atoms with Gasteiger partial charge in [-0.05, 0) is 160 Å². The fourth-order valence-corrected chi connectivity index (χ4v) is 9.81. The van der Waals surface area contributed by atoms with Crippen LogP contribution in [0.25, 0.3) is 0 Å². The second kappa shape index (κ2) is 18.0. The largest absolute Gasteiger partial charge is 0.381 e. The van der Waals surface area contributed by atoms with Gasteiger partial charge in [0.05, 0.1) is 13.2 Å². The number of benzene rings is 2. The van der Waals surface area contributed by atoms with E-state index in [2.05, 4.69) is 74.5 Å². The van der Waals surface area contributed by atoms with Crippen LogP contribution in [0.3, 0.4) is 0 Å². The van der Waals surface area contributed by atoms with E-state index in [1.54, 1.807) is 33.4 Å². The first-order valence-electron chi connectivity index (χ1n) is 20.3. The van der Waals surface area contributed by atoms with Gasteiger partial charge in [0.25, 0.3) is 0 Å². The molecule has 1 nitrogen and oxygen atoms in total. The van der Waals surface area contributed by atoms with E-state index in [4.69, 9.17) is 4.74 Å². The molecule has 4 aliphatic carbocycles. The minimum atomic E-state index is 0.698. The van der Waals surface area contributed by atoms with E-state index in [-0.39, 0.29) is 0 Å². The van der Waals surface area contributed by atoms with Crippen molar-refractivity contribution < 1.29 is 4.74 Å². The second-order valence-corrected chi connectivity index (χ2v) is 16.1. The predicted molar refractivity (Wildman–Crippen MR) is 202 cm³/mol. The zero-order valence-corrected chi connectivity index (χ0v) is 30.2. The lowest BCUT2D eigenvalue weighted by Crippen LogP contribution is -2.13. The van der Waals surface area contributed by atoms with Gasteiger partial charge in [-0.15, -0.1) is 0 Å². The minimum absolute atomic E-state index is 0.698. The lowest BCUT2D eigenvalue weighted by Gasteiger charge is -2.29. The highest BCUT2D eigenvalue weighted by atomic mass is 16.5. The summed E-state index contributed by atoms with van der Waals surface area (Å²) in [5, 5.41) is 0. The monoisotopic (exact) mass is 635 g/mol. The molecular formula is C46H66O. The maximum absolute atomic E-state index is 6.16. The van der Waals surface area contributed by atoms with Crippen molar-refractivity contribution in [2.45, 2.75) is 166 Å². The summed E-state index contributed by atoms with van der Waals surface area (Å²) in [6.07, 6.45) is 31.7. The summed E-state index contributed by atoms with van der Waals surface area (Å²) in [4.78, 5) is 0. The molecule has 47 heavy (non-hydrogen) atoms. The van der Waals surface area contributed by atoms with E-state index in [9.17, 15) is 0 Å². The van der Waals surface area contributed by atoms with Crippen LogP contribution in [0.4, 0.5) is 0 Å². The van der Waals surface area contributed by atoms with Gasteiger partial charge in [-0.3, -0.25) is 0 Å². The molecule has 6 rings (SSSR count). The van der Waals surface area contributed by atoms with Gasteiger partial charge in [0.15, 0.2) is 0 Å². The Morgan fingerprint density at radius 2 is 0.830 bits per heavy atom. The highest BCUT2D eigenvalue weighted by molar-refractivity contribution is 5.31. The third-order valence-corrected chi connectivity index (χ3v) is 13.0. The van der Waals surface area contributed by atoms with Crippen molar-refractivity contribution in [2.75, 3.05) is 13.2 Å². The van der Waals surface area contributed by atoms with E-state index in [0.717, 1.165) is 49.7 Å². The van der Waals surface area contributed by atoms with Crippen LogP contribution in [-0.4, -0.2) is 13.2 Å². The Labute approximate surface area is 289 Å². The molecule has 0 N–H and O–H groups in total. The molecule has 1 heteroatoms. The smallest absolute Gasteiger partial charge is 0.0503 e. The molecule has 2 fully saturated rings. The Kier molecular flexibility index (Phi) is 13.3. The van der Waals surface area contributed by atoms with Gasteiger partial charge in [0.2, 0.25) is 0 Å². The molecule has 2 saturated carbocycles. The number of allylic oxidation sites excluding steroid dienone is 2. The highest BCUT2D eigenvalue weighted by Gasteiger charge is 2.24. The number of hydrogen-bond donors (Lipinski definition) is 0. The molecule has 2 aromatic carbocycles. The van der Waals surface area contributed by atoms with E-state index in [1.165, 1.54) is 116 Å². The third-order valence-electron chi connectivity index (χ3n) is 13.0. The molecule has 0 spiro atoms. The number of ether oxygens (including phenoxy) is 1. The van der Waals surface area contributed by atoms with E-state index < -0.39 is 0 Å². The van der Waals surface area contributed by atoms with Crippen LogP contribution in [0, 0.1) is 11.8 Å². The van der Waals surface area contributed by atoms with Gasteiger partial charge in [-0.1, -0.05) is 111 Å². The minimum Gasteiger partial charge on any atom is -0.381 e. The molecule has 0 radical (unpaired) electrons. The molecule has 0 heterocycles. The van der Waals surface area contributed by atoms with Gasteiger partial charge < -0.3 is 4.74 Å².